The topological polar surface area (TPSA) is 41.1 Å². The number of carbonyl (C=O) groups is 1. The van der Waals surface area contributed by atoms with Crippen molar-refractivity contribution in [3.05, 3.63) is 0 Å². The van der Waals surface area contributed by atoms with Crippen molar-refractivity contribution in [2.75, 3.05) is 13.1 Å². The molecule has 0 aromatic carbocycles. The number of hydrogen-bond acceptors (Lipinski definition) is 2. The van der Waals surface area contributed by atoms with Gasteiger partial charge in [0.1, 0.15) is 0 Å². The molecule has 2 unspecified atom stereocenters. The van der Waals surface area contributed by atoms with Gasteiger partial charge in [-0.25, -0.2) is 0 Å². The molecule has 1 saturated heterocycles. The third-order valence-electron chi connectivity index (χ3n) is 5.45. The molecule has 1 saturated carbocycles. The fraction of sp³-hybridized carbons (Fsp3) is 0.941. The summed E-state index contributed by atoms with van der Waals surface area (Å²) in [5.74, 6) is 0.908. The van der Waals surface area contributed by atoms with Gasteiger partial charge in [0.05, 0.1) is 0 Å². The number of carbonyl (C=O) groups excluding carboxylic acids is 1. The van der Waals surface area contributed by atoms with Gasteiger partial charge in [-0.3, -0.25) is 4.79 Å². The Balaban J connectivity index is 2.01. The zero-order valence-electron chi connectivity index (χ0n) is 13.7. The van der Waals surface area contributed by atoms with Crippen LogP contribution in [0.3, 0.4) is 0 Å². The first-order valence-corrected chi connectivity index (χ1v) is 8.35. The molecule has 3 nitrogen and oxygen atoms in total. The Hall–Kier alpha value is -0.570. The summed E-state index contributed by atoms with van der Waals surface area (Å²) >= 11 is 0. The monoisotopic (exact) mass is 280 g/mol. The van der Waals surface area contributed by atoms with Gasteiger partial charge in [-0.2, -0.15) is 0 Å². The van der Waals surface area contributed by atoms with E-state index in [9.17, 15) is 4.79 Å². The van der Waals surface area contributed by atoms with E-state index in [1.807, 2.05) is 0 Å². The average Bonchev–Trinajstić information content (AvgIpc) is 2.39. The van der Waals surface area contributed by atoms with E-state index in [0.717, 1.165) is 32.4 Å². The zero-order chi connectivity index (χ0) is 14.8. The molecule has 0 aromatic heterocycles. The third-order valence-corrected chi connectivity index (χ3v) is 5.45. The van der Waals surface area contributed by atoms with Gasteiger partial charge in [0, 0.05) is 11.5 Å². The van der Waals surface area contributed by atoms with Gasteiger partial charge >= 0.3 is 0 Å². The summed E-state index contributed by atoms with van der Waals surface area (Å²) in [6, 6.07) is 0.378. The largest absolute Gasteiger partial charge is 0.353 e. The maximum absolute atomic E-state index is 12.7. The molecule has 2 fully saturated rings. The van der Waals surface area contributed by atoms with E-state index >= 15 is 0 Å². The Labute approximate surface area is 124 Å². The van der Waals surface area contributed by atoms with Crippen molar-refractivity contribution < 1.29 is 4.79 Å². The highest BCUT2D eigenvalue weighted by Crippen LogP contribution is 2.39. The summed E-state index contributed by atoms with van der Waals surface area (Å²) in [6.45, 7) is 11.0. The lowest BCUT2D eigenvalue weighted by atomic mass is 9.69. The number of piperidine rings is 1. The lowest BCUT2D eigenvalue weighted by Gasteiger charge is -2.42. The maximum Gasteiger partial charge on any atom is 0.226 e. The van der Waals surface area contributed by atoms with E-state index in [1.165, 1.54) is 19.3 Å². The molecule has 2 aliphatic rings. The Bertz CT molecular complexity index is 339. The van der Waals surface area contributed by atoms with Crippen molar-refractivity contribution in [2.45, 2.75) is 72.3 Å². The first-order valence-electron chi connectivity index (χ1n) is 8.35. The first kappa shape index (κ1) is 15.8. The van der Waals surface area contributed by atoms with E-state index in [-0.39, 0.29) is 10.8 Å². The highest BCUT2D eigenvalue weighted by molar-refractivity contribution is 5.82. The molecule has 1 aliphatic carbocycles. The fourth-order valence-electron chi connectivity index (χ4n) is 3.89. The minimum atomic E-state index is -0.162. The molecule has 0 spiro atoms. The Kier molecular flexibility index (Phi) is 4.78. The normalized spacial score (nSPS) is 30.8. The lowest BCUT2D eigenvalue weighted by molar-refractivity contribution is -0.133. The standard InChI is InChI=1S/C17H32N2O/c1-16(2,3)13-7-5-6-8-14(13)19-15(20)17(4)9-11-18-12-10-17/h13-14,18H,5-12H2,1-4H3,(H,19,20). The average molecular weight is 280 g/mol. The molecule has 2 atom stereocenters. The van der Waals surface area contributed by atoms with Crippen LogP contribution in [0.5, 0.6) is 0 Å². The fourth-order valence-corrected chi connectivity index (χ4v) is 3.89. The van der Waals surface area contributed by atoms with Crippen molar-refractivity contribution in [3.8, 4) is 0 Å². The molecule has 1 heterocycles. The van der Waals surface area contributed by atoms with Crippen molar-refractivity contribution in [1.82, 2.24) is 10.6 Å². The molecule has 2 rings (SSSR count). The van der Waals surface area contributed by atoms with Crippen LogP contribution in [-0.2, 0) is 4.79 Å². The second kappa shape index (κ2) is 6.05. The van der Waals surface area contributed by atoms with E-state index in [0.29, 0.717) is 17.9 Å². The highest BCUT2D eigenvalue weighted by Gasteiger charge is 2.39. The highest BCUT2D eigenvalue weighted by atomic mass is 16.2. The van der Waals surface area contributed by atoms with Crippen LogP contribution >= 0.6 is 0 Å². The van der Waals surface area contributed by atoms with Crippen LogP contribution < -0.4 is 10.6 Å². The number of rotatable bonds is 2. The van der Waals surface area contributed by atoms with Crippen LogP contribution in [0.1, 0.15) is 66.2 Å². The van der Waals surface area contributed by atoms with E-state index in [1.54, 1.807) is 0 Å². The molecule has 1 amide bonds. The Morgan fingerprint density at radius 2 is 1.75 bits per heavy atom. The van der Waals surface area contributed by atoms with Crippen molar-refractivity contribution in [2.24, 2.45) is 16.7 Å². The summed E-state index contributed by atoms with van der Waals surface area (Å²) in [6.07, 6.45) is 6.91. The van der Waals surface area contributed by atoms with Crippen LogP contribution in [0.2, 0.25) is 0 Å². The number of nitrogens with one attached hydrogen (secondary N) is 2. The summed E-state index contributed by atoms with van der Waals surface area (Å²) in [5, 5.41) is 6.77. The van der Waals surface area contributed by atoms with Gasteiger partial charge in [-0.1, -0.05) is 40.5 Å². The summed E-state index contributed by atoms with van der Waals surface area (Å²) in [4.78, 5) is 12.7. The van der Waals surface area contributed by atoms with Crippen LogP contribution in [0.15, 0.2) is 0 Å². The molecule has 0 radical (unpaired) electrons. The summed E-state index contributed by atoms with van der Waals surface area (Å²) < 4.78 is 0. The molecule has 0 aromatic rings. The molecular formula is C17H32N2O. The Morgan fingerprint density at radius 1 is 1.15 bits per heavy atom. The first-order chi connectivity index (χ1) is 9.33. The van der Waals surface area contributed by atoms with Crippen LogP contribution in [0.4, 0.5) is 0 Å². The second-order valence-electron chi connectivity index (χ2n) is 8.15. The minimum Gasteiger partial charge on any atom is -0.353 e. The van der Waals surface area contributed by atoms with Gasteiger partial charge < -0.3 is 10.6 Å². The second-order valence-corrected chi connectivity index (χ2v) is 8.15. The molecule has 20 heavy (non-hydrogen) atoms. The van der Waals surface area contributed by atoms with Gasteiger partial charge in [0.25, 0.3) is 0 Å². The molecular weight excluding hydrogens is 248 g/mol. The summed E-state index contributed by atoms with van der Waals surface area (Å²) in [5.41, 5.74) is 0.124. The third kappa shape index (κ3) is 3.55. The van der Waals surface area contributed by atoms with Crippen molar-refractivity contribution in [3.63, 3.8) is 0 Å². The quantitative estimate of drug-likeness (QED) is 0.816. The zero-order valence-corrected chi connectivity index (χ0v) is 13.7. The molecule has 2 N–H and O–H groups in total. The number of amides is 1. The minimum absolute atomic E-state index is 0.162. The maximum atomic E-state index is 12.7. The predicted octanol–water partition coefficient (Wildman–Crippen LogP) is 3.10. The molecule has 0 bridgehead atoms. The van der Waals surface area contributed by atoms with E-state index in [2.05, 4.69) is 38.3 Å². The van der Waals surface area contributed by atoms with Gasteiger partial charge in [0.15, 0.2) is 0 Å². The number of hydrogen-bond donors (Lipinski definition) is 2. The predicted molar refractivity (Wildman–Crippen MR) is 83.6 cm³/mol. The molecule has 3 heteroatoms. The Morgan fingerprint density at radius 3 is 2.35 bits per heavy atom. The van der Waals surface area contributed by atoms with Gasteiger partial charge in [0.2, 0.25) is 5.91 Å². The lowest BCUT2D eigenvalue weighted by Crippen LogP contribution is -2.53. The van der Waals surface area contributed by atoms with E-state index < -0.39 is 0 Å². The molecule has 116 valence electrons. The van der Waals surface area contributed by atoms with Crippen LogP contribution in [-0.4, -0.2) is 25.0 Å². The van der Waals surface area contributed by atoms with Gasteiger partial charge in [-0.05, 0) is 50.1 Å². The SMILES string of the molecule is CC1(C(=O)NC2CCCCC2C(C)(C)C)CCNCC1. The van der Waals surface area contributed by atoms with Gasteiger partial charge in [-0.15, -0.1) is 0 Å². The van der Waals surface area contributed by atoms with E-state index in [4.69, 9.17) is 0 Å². The van der Waals surface area contributed by atoms with Crippen LogP contribution in [0, 0.1) is 16.7 Å². The summed E-state index contributed by atoms with van der Waals surface area (Å²) in [7, 11) is 0. The molecule has 1 aliphatic heterocycles. The van der Waals surface area contributed by atoms with Crippen molar-refractivity contribution in [1.29, 1.82) is 0 Å². The van der Waals surface area contributed by atoms with Crippen LogP contribution in [0.25, 0.3) is 0 Å². The smallest absolute Gasteiger partial charge is 0.226 e. The van der Waals surface area contributed by atoms with Crippen molar-refractivity contribution >= 4 is 5.91 Å².